The molecule has 1 aromatic carbocycles. The molecule has 0 aliphatic carbocycles. The van der Waals surface area contributed by atoms with Crippen LogP contribution in [0.2, 0.25) is 0 Å². The number of nitrogens with one attached hydrogen (secondary N) is 1. The number of carbonyl (C=O) groups is 1. The van der Waals surface area contributed by atoms with Gasteiger partial charge in [-0.1, -0.05) is 36.4 Å². The topological polar surface area (TPSA) is 56.2 Å². The van der Waals surface area contributed by atoms with Crippen molar-refractivity contribution >= 4 is 28.6 Å². The summed E-state index contributed by atoms with van der Waals surface area (Å²) in [7, 11) is 1.79. The second-order valence-electron chi connectivity index (χ2n) is 4.97. The third kappa shape index (κ3) is 4.16. The maximum Gasteiger partial charge on any atom is 0.413 e. The largest absolute Gasteiger partial charge is 0.441 e. The highest BCUT2D eigenvalue weighted by atomic mass is 32.2. The third-order valence-corrected chi connectivity index (χ3v) is 4.36. The number of aryl methyl sites for hydroxylation is 1. The maximum absolute atomic E-state index is 12.2. The van der Waals surface area contributed by atoms with Crippen LogP contribution in [-0.4, -0.2) is 22.1 Å². The highest BCUT2D eigenvalue weighted by Crippen LogP contribution is 2.31. The minimum Gasteiger partial charge on any atom is -0.441 e. The molecule has 122 valence electrons. The lowest BCUT2D eigenvalue weighted by molar-refractivity contribution is 0.121. The molecular weight excluding hydrogens is 310 g/mol. The molecule has 0 aliphatic heterocycles. The number of allylic oxidation sites excluding steroid dienone is 1. The summed E-state index contributed by atoms with van der Waals surface area (Å²) in [5.41, 5.74) is 1.83. The Morgan fingerprint density at radius 3 is 2.70 bits per heavy atom. The fourth-order valence-corrected chi connectivity index (χ4v) is 2.83. The van der Waals surface area contributed by atoms with Crippen LogP contribution in [0.15, 0.2) is 42.6 Å². The van der Waals surface area contributed by atoms with Crippen molar-refractivity contribution in [1.82, 2.24) is 9.78 Å². The summed E-state index contributed by atoms with van der Waals surface area (Å²) in [4.78, 5) is 13.2. The molecule has 0 bridgehead atoms. The summed E-state index contributed by atoms with van der Waals surface area (Å²) in [5.74, 6) is 0.623. The summed E-state index contributed by atoms with van der Waals surface area (Å²) < 4.78 is 7.08. The molecule has 1 unspecified atom stereocenters. The zero-order valence-corrected chi connectivity index (χ0v) is 14.6. The number of anilines is 1. The van der Waals surface area contributed by atoms with Gasteiger partial charge in [-0.3, -0.25) is 10.00 Å². The van der Waals surface area contributed by atoms with E-state index < -0.39 is 6.09 Å². The van der Waals surface area contributed by atoms with Crippen molar-refractivity contribution in [2.24, 2.45) is 7.05 Å². The van der Waals surface area contributed by atoms with Crippen molar-refractivity contribution in [1.29, 1.82) is 0 Å². The zero-order chi connectivity index (χ0) is 16.8. The summed E-state index contributed by atoms with van der Waals surface area (Å²) in [5, 5.41) is 7.01. The second-order valence-corrected chi connectivity index (χ2v) is 5.82. The molecule has 1 N–H and O–H groups in total. The Kier molecular flexibility index (Phi) is 5.87. The first-order chi connectivity index (χ1) is 11.1. The van der Waals surface area contributed by atoms with E-state index in [4.69, 9.17) is 4.74 Å². The summed E-state index contributed by atoms with van der Waals surface area (Å²) >= 11 is 1.60. The molecule has 1 aromatic heterocycles. The normalized spacial score (nSPS) is 12.8. The van der Waals surface area contributed by atoms with Crippen molar-refractivity contribution < 1.29 is 9.53 Å². The number of aromatic nitrogens is 2. The van der Waals surface area contributed by atoms with E-state index in [1.807, 2.05) is 56.5 Å². The predicted molar refractivity (Wildman–Crippen MR) is 95.3 cm³/mol. The summed E-state index contributed by atoms with van der Waals surface area (Å²) in [6, 6.07) is 9.63. The van der Waals surface area contributed by atoms with Gasteiger partial charge < -0.3 is 4.74 Å². The van der Waals surface area contributed by atoms with Gasteiger partial charge >= 0.3 is 6.09 Å². The molecule has 0 fully saturated rings. The van der Waals surface area contributed by atoms with Gasteiger partial charge in [-0.25, -0.2) is 4.79 Å². The monoisotopic (exact) mass is 331 g/mol. The minimum atomic E-state index is -0.497. The minimum absolute atomic E-state index is 0.324. The van der Waals surface area contributed by atoms with Crippen molar-refractivity contribution in [2.75, 3.05) is 11.6 Å². The fourth-order valence-electron chi connectivity index (χ4n) is 2.23. The molecule has 5 nitrogen and oxygen atoms in total. The molecule has 0 aliphatic rings. The first kappa shape index (κ1) is 17.1. The first-order valence-corrected chi connectivity index (χ1v) is 8.54. The number of hydrogen-bond donors (Lipinski definition) is 1. The number of carbonyl (C=O) groups excluding carboxylic acids is 1. The lowest BCUT2D eigenvalue weighted by Crippen LogP contribution is -2.18. The van der Waals surface area contributed by atoms with Gasteiger partial charge in [-0.05, 0) is 25.7 Å². The number of rotatable bonds is 5. The van der Waals surface area contributed by atoms with E-state index in [1.165, 1.54) is 0 Å². The van der Waals surface area contributed by atoms with Gasteiger partial charge in [0.2, 0.25) is 0 Å². The van der Waals surface area contributed by atoms with Crippen LogP contribution >= 0.6 is 11.8 Å². The average Bonchev–Trinajstić information content (AvgIpc) is 2.91. The van der Waals surface area contributed by atoms with Crippen LogP contribution in [0.3, 0.4) is 0 Å². The highest BCUT2D eigenvalue weighted by Gasteiger charge is 2.17. The quantitative estimate of drug-likeness (QED) is 0.879. The molecule has 1 amide bonds. The molecule has 2 rings (SSSR count). The second kappa shape index (κ2) is 7.87. The van der Waals surface area contributed by atoms with Crippen LogP contribution in [0.1, 0.15) is 31.1 Å². The van der Waals surface area contributed by atoms with E-state index >= 15 is 0 Å². The first-order valence-electron chi connectivity index (χ1n) is 7.32. The molecular formula is C17H21N3O2S. The molecule has 0 saturated carbocycles. The van der Waals surface area contributed by atoms with E-state index in [1.54, 1.807) is 29.7 Å². The van der Waals surface area contributed by atoms with Crippen LogP contribution in [0, 0.1) is 0 Å². The van der Waals surface area contributed by atoms with E-state index in [-0.39, 0.29) is 6.10 Å². The Labute approximate surface area is 140 Å². The molecule has 0 radical (unpaired) electrons. The van der Waals surface area contributed by atoms with Gasteiger partial charge in [0.15, 0.2) is 0 Å². The molecule has 0 saturated heterocycles. The maximum atomic E-state index is 12.2. The smallest absolute Gasteiger partial charge is 0.413 e. The lowest BCUT2D eigenvalue weighted by atomic mass is 10.1. The summed E-state index contributed by atoms with van der Waals surface area (Å²) in [6.45, 7) is 3.80. The van der Waals surface area contributed by atoms with Gasteiger partial charge in [0.25, 0.3) is 0 Å². The Hall–Kier alpha value is -2.21. The third-order valence-electron chi connectivity index (χ3n) is 3.46. The number of amides is 1. The van der Waals surface area contributed by atoms with Crippen LogP contribution in [-0.2, 0) is 11.8 Å². The van der Waals surface area contributed by atoms with Gasteiger partial charge in [0, 0.05) is 12.0 Å². The molecule has 23 heavy (non-hydrogen) atoms. The fraction of sp³-hybridized carbons (Fsp3) is 0.294. The van der Waals surface area contributed by atoms with E-state index in [2.05, 4.69) is 10.4 Å². The van der Waals surface area contributed by atoms with Crippen molar-refractivity contribution in [3.05, 3.63) is 53.7 Å². The van der Waals surface area contributed by atoms with Crippen LogP contribution in [0.5, 0.6) is 0 Å². The van der Waals surface area contributed by atoms with Gasteiger partial charge in [-0.2, -0.15) is 5.10 Å². The van der Waals surface area contributed by atoms with Crippen molar-refractivity contribution in [2.45, 2.75) is 20.0 Å². The van der Waals surface area contributed by atoms with E-state index in [9.17, 15) is 4.79 Å². The Morgan fingerprint density at radius 2 is 2.09 bits per heavy atom. The van der Waals surface area contributed by atoms with Gasteiger partial charge in [0.1, 0.15) is 11.9 Å². The summed E-state index contributed by atoms with van der Waals surface area (Å²) in [6.07, 6.45) is 4.90. The Morgan fingerprint density at radius 1 is 1.39 bits per heavy atom. The number of hydrogen-bond acceptors (Lipinski definition) is 4. The Bertz CT molecular complexity index is 695. The number of ether oxygens (including phenoxy) is 1. The van der Waals surface area contributed by atoms with Gasteiger partial charge in [-0.15, -0.1) is 11.8 Å². The zero-order valence-electron chi connectivity index (χ0n) is 13.7. The van der Waals surface area contributed by atoms with E-state index in [0.29, 0.717) is 5.82 Å². The molecule has 1 heterocycles. The average molecular weight is 331 g/mol. The van der Waals surface area contributed by atoms with Crippen LogP contribution in [0.25, 0.3) is 4.91 Å². The highest BCUT2D eigenvalue weighted by molar-refractivity contribution is 8.07. The Balaban J connectivity index is 2.10. The molecule has 1 atom stereocenters. The molecule has 6 heteroatoms. The van der Waals surface area contributed by atoms with Crippen LogP contribution < -0.4 is 5.32 Å². The molecule has 0 spiro atoms. The lowest BCUT2D eigenvalue weighted by Gasteiger charge is -2.15. The van der Waals surface area contributed by atoms with E-state index in [0.717, 1.165) is 16.0 Å². The number of thioether (sulfide) groups is 1. The standard InChI is InChI=1S/C17H21N3O2S/c1-5-15(23-4)14-11-18-20(3)16(14)19-17(21)22-12(2)13-9-7-6-8-10-13/h5-12H,1-4H3,(H,19,21). The number of nitrogens with zero attached hydrogens (tertiary/aromatic N) is 2. The SMILES string of the molecule is CC=C(SC)c1cnn(C)c1NC(=O)OC(C)c1ccccc1. The van der Waals surface area contributed by atoms with Crippen molar-refractivity contribution in [3.63, 3.8) is 0 Å². The number of benzene rings is 1. The predicted octanol–water partition coefficient (Wildman–Crippen LogP) is 4.45. The van der Waals surface area contributed by atoms with Gasteiger partial charge in [0.05, 0.1) is 11.8 Å². The molecule has 2 aromatic rings. The van der Waals surface area contributed by atoms with Crippen molar-refractivity contribution in [3.8, 4) is 0 Å². The van der Waals surface area contributed by atoms with Crippen LogP contribution in [0.4, 0.5) is 10.6 Å².